The molecule has 0 spiro atoms. The van der Waals surface area contributed by atoms with Gasteiger partial charge in [0.2, 0.25) is 0 Å². The zero-order valence-electron chi connectivity index (χ0n) is 11.8. The monoisotopic (exact) mass is 268 g/mol. The van der Waals surface area contributed by atoms with Gasteiger partial charge >= 0.3 is 0 Å². The van der Waals surface area contributed by atoms with Gasteiger partial charge in [-0.25, -0.2) is 0 Å². The minimum Gasteiger partial charge on any atom is -0.497 e. The summed E-state index contributed by atoms with van der Waals surface area (Å²) in [6.45, 7) is 0. The number of rotatable bonds is 3. The van der Waals surface area contributed by atoms with Crippen LogP contribution < -0.4 is 15.8 Å². The highest BCUT2D eigenvalue weighted by molar-refractivity contribution is 5.77. The fraction of sp³-hybridized carbons (Fsp3) is 0.294. The number of nitrogen functional groups attached to an aromatic ring is 1. The quantitative estimate of drug-likeness (QED) is 0.830. The van der Waals surface area contributed by atoms with Gasteiger partial charge in [-0.3, -0.25) is 0 Å². The lowest BCUT2D eigenvalue weighted by Gasteiger charge is -2.20. The SMILES string of the molecule is COc1cccc(Nc2ccc3c(c2N)CCCC3)c1. The molecular formula is C17H20N2O. The Kier molecular flexibility index (Phi) is 3.50. The Morgan fingerprint density at radius 1 is 1.10 bits per heavy atom. The molecule has 1 aliphatic rings. The third kappa shape index (κ3) is 2.44. The normalized spacial score (nSPS) is 13.7. The van der Waals surface area contributed by atoms with Gasteiger partial charge < -0.3 is 15.8 Å². The van der Waals surface area contributed by atoms with Crippen molar-refractivity contribution in [1.29, 1.82) is 0 Å². The first kappa shape index (κ1) is 12.9. The molecule has 0 amide bonds. The van der Waals surface area contributed by atoms with Crippen LogP contribution in [0.15, 0.2) is 36.4 Å². The van der Waals surface area contributed by atoms with Crippen molar-refractivity contribution in [1.82, 2.24) is 0 Å². The molecule has 3 heteroatoms. The van der Waals surface area contributed by atoms with Crippen molar-refractivity contribution in [3.63, 3.8) is 0 Å². The Hall–Kier alpha value is -2.16. The van der Waals surface area contributed by atoms with Gasteiger partial charge in [0.1, 0.15) is 5.75 Å². The molecule has 0 saturated carbocycles. The summed E-state index contributed by atoms with van der Waals surface area (Å²) in [5.74, 6) is 0.839. The lowest BCUT2D eigenvalue weighted by molar-refractivity contribution is 0.415. The van der Waals surface area contributed by atoms with Crippen LogP contribution >= 0.6 is 0 Å². The lowest BCUT2D eigenvalue weighted by Crippen LogP contribution is -2.08. The largest absolute Gasteiger partial charge is 0.497 e. The van der Waals surface area contributed by atoms with E-state index in [1.807, 2.05) is 24.3 Å². The van der Waals surface area contributed by atoms with Crippen molar-refractivity contribution in [2.24, 2.45) is 0 Å². The summed E-state index contributed by atoms with van der Waals surface area (Å²) in [4.78, 5) is 0. The standard InChI is InChI=1S/C17H20N2O/c1-20-14-7-4-6-13(11-14)19-16-10-9-12-5-2-3-8-15(12)17(16)18/h4,6-7,9-11,19H,2-3,5,8,18H2,1H3. The summed E-state index contributed by atoms with van der Waals surface area (Å²) in [6.07, 6.45) is 4.75. The topological polar surface area (TPSA) is 47.3 Å². The highest BCUT2D eigenvalue weighted by atomic mass is 16.5. The summed E-state index contributed by atoms with van der Waals surface area (Å²) in [7, 11) is 1.67. The molecule has 0 aromatic heterocycles. The van der Waals surface area contributed by atoms with Gasteiger partial charge in [0.25, 0.3) is 0 Å². The minimum atomic E-state index is 0.839. The van der Waals surface area contributed by atoms with Crippen LogP contribution in [0.25, 0.3) is 0 Å². The van der Waals surface area contributed by atoms with E-state index in [-0.39, 0.29) is 0 Å². The Bertz CT molecular complexity index is 622. The van der Waals surface area contributed by atoms with Crippen LogP contribution in [-0.4, -0.2) is 7.11 Å². The molecule has 104 valence electrons. The van der Waals surface area contributed by atoms with Crippen LogP contribution in [0.2, 0.25) is 0 Å². The number of aryl methyl sites for hydroxylation is 1. The maximum Gasteiger partial charge on any atom is 0.120 e. The summed E-state index contributed by atoms with van der Waals surface area (Å²) >= 11 is 0. The first-order valence-electron chi connectivity index (χ1n) is 7.09. The van der Waals surface area contributed by atoms with Gasteiger partial charge in [0.05, 0.1) is 18.5 Å². The molecule has 3 N–H and O–H groups in total. The number of anilines is 3. The molecule has 3 nitrogen and oxygen atoms in total. The number of hydrogen-bond donors (Lipinski definition) is 2. The molecular weight excluding hydrogens is 248 g/mol. The van der Waals surface area contributed by atoms with E-state index in [0.717, 1.165) is 35.7 Å². The third-order valence-corrected chi connectivity index (χ3v) is 3.93. The van der Waals surface area contributed by atoms with E-state index in [1.54, 1.807) is 7.11 Å². The van der Waals surface area contributed by atoms with Crippen molar-refractivity contribution in [2.75, 3.05) is 18.2 Å². The molecule has 0 heterocycles. The van der Waals surface area contributed by atoms with Gasteiger partial charge in [-0.1, -0.05) is 12.1 Å². The van der Waals surface area contributed by atoms with Gasteiger partial charge in [-0.05, 0) is 55.0 Å². The number of nitrogens with one attached hydrogen (secondary N) is 1. The maximum absolute atomic E-state index is 6.33. The van der Waals surface area contributed by atoms with E-state index in [9.17, 15) is 0 Å². The summed E-state index contributed by atoms with van der Waals surface area (Å²) in [6, 6.07) is 12.2. The highest BCUT2D eigenvalue weighted by Gasteiger charge is 2.14. The summed E-state index contributed by atoms with van der Waals surface area (Å²) in [5.41, 5.74) is 11.9. The van der Waals surface area contributed by atoms with Crippen molar-refractivity contribution in [2.45, 2.75) is 25.7 Å². The average molecular weight is 268 g/mol. The van der Waals surface area contributed by atoms with E-state index in [4.69, 9.17) is 10.5 Å². The van der Waals surface area contributed by atoms with E-state index < -0.39 is 0 Å². The number of hydrogen-bond acceptors (Lipinski definition) is 3. The summed E-state index contributed by atoms with van der Waals surface area (Å²) in [5, 5.41) is 3.39. The smallest absolute Gasteiger partial charge is 0.120 e. The highest BCUT2D eigenvalue weighted by Crippen LogP contribution is 2.33. The molecule has 0 atom stereocenters. The van der Waals surface area contributed by atoms with Crippen molar-refractivity contribution in [3.8, 4) is 5.75 Å². The molecule has 2 aromatic carbocycles. The second-order valence-corrected chi connectivity index (χ2v) is 5.23. The van der Waals surface area contributed by atoms with Gasteiger partial charge in [0, 0.05) is 11.8 Å². The van der Waals surface area contributed by atoms with Crippen LogP contribution in [0.4, 0.5) is 17.1 Å². The first-order valence-corrected chi connectivity index (χ1v) is 7.09. The molecule has 0 radical (unpaired) electrons. The van der Waals surface area contributed by atoms with Gasteiger partial charge in [-0.15, -0.1) is 0 Å². The van der Waals surface area contributed by atoms with Crippen LogP contribution in [-0.2, 0) is 12.8 Å². The van der Waals surface area contributed by atoms with Crippen molar-refractivity contribution < 1.29 is 4.74 Å². The zero-order valence-corrected chi connectivity index (χ0v) is 11.8. The second-order valence-electron chi connectivity index (χ2n) is 5.23. The third-order valence-electron chi connectivity index (χ3n) is 3.93. The minimum absolute atomic E-state index is 0.839. The van der Waals surface area contributed by atoms with Crippen molar-refractivity contribution in [3.05, 3.63) is 47.5 Å². The van der Waals surface area contributed by atoms with Crippen LogP contribution in [0.5, 0.6) is 5.75 Å². The van der Waals surface area contributed by atoms with Crippen LogP contribution in [0.1, 0.15) is 24.0 Å². The fourth-order valence-corrected chi connectivity index (χ4v) is 2.82. The molecule has 0 fully saturated rings. The Balaban J connectivity index is 1.90. The second kappa shape index (κ2) is 5.45. The number of ether oxygens (including phenoxy) is 1. The van der Waals surface area contributed by atoms with E-state index in [2.05, 4.69) is 17.4 Å². The van der Waals surface area contributed by atoms with E-state index in [0.29, 0.717) is 0 Å². The molecule has 1 aliphatic carbocycles. The Morgan fingerprint density at radius 3 is 2.80 bits per heavy atom. The van der Waals surface area contributed by atoms with Crippen molar-refractivity contribution >= 4 is 17.1 Å². The molecule has 2 aromatic rings. The number of nitrogens with two attached hydrogens (primary N) is 1. The number of benzene rings is 2. The van der Waals surface area contributed by atoms with Crippen LogP contribution in [0.3, 0.4) is 0 Å². The number of methoxy groups -OCH3 is 1. The molecule has 3 rings (SSSR count). The van der Waals surface area contributed by atoms with Gasteiger partial charge in [-0.2, -0.15) is 0 Å². The molecule has 0 bridgehead atoms. The molecule has 0 saturated heterocycles. The average Bonchev–Trinajstić information content (AvgIpc) is 2.50. The number of fused-ring (bicyclic) bond motifs is 1. The molecule has 0 aliphatic heterocycles. The lowest BCUT2D eigenvalue weighted by atomic mass is 9.90. The fourth-order valence-electron chi connectivity index (χ4n) is 2.82. The first-order chi connectivity index (χ1) is 9.78. The predicted molar refractivity (Wildman–Crippen MR) is 83.8 cm³/mol. The van der Waals surface area contributed by atoms with E-state index >= 15 is 0 Å². The molecule has 20 heavy (non-hydrogen) atoms. The van der Waals surface area contributed by atoms with E-state index in [1.165, 1.54) is 24.0 Å². The zero-order chi connectivity index (χ0) is 13.9. The Morgan fingerprint density at radius 2 is 1.95 bits per heavy atom. The maximum atomic E-state index is 6.33. The predicted octanol–water partition coefficient (Wildman–Crippen LogP) is 3.90. The van der Waals surface area contributed by atoms with Gasteiger partial charge in [0.15, 0.2) is 0 Å². The Labute approximate surface area is 119 Å². The molecule has 0 unspecified atom stereocenters. The van der Waals surface area contributed by atoms with Crippen LogP contribution in [0, 0.1) is 0 Å². The summed E-state index contributed by atoms with van der Waals surface area (Å²) < 4.78 is 5.24.